The van der Waals surface area contributed by atoms with Crippen LogP contribution in [-0.2, 0) is 6.54 Å². The number of nitrogens with zero attached hydrogens (tertiary/aromatic N) is 5. The fraction of sp³-hybridized carbons (Fsp3) is 0.423. The number of ether oxygens (including phenoxy) is 1. The number of alkyl halides is 1. The topological polar surface area (TPSA) is 55.6 Å². The van der Waals surface area contributed by atoms with Crippen molar-refractivity contribution in [3.63, 3.8) is 0 Å². The lowest BCUT2D eigenvalue weighted by atomic mass is 10.1. The Kier molecular flexibility index (Phi) is 6.66. The first-order chi connectivity index (χ1) is 16.5. The third-order valence-corrected chi connectivity index (χ3v) is 6.75. The van der Waals surface area contributed by atoms with Crippen molar-refractivity contribution < 1.29 is 9.13 Å². The fourth-order valence-corrected chi connectivity index (χ4v) is 4.71. The first-order valence-electron chi connectivity index (χ1n) is 12.0. The van der Waals surface area contributed by atoms with Gasteiger partial charge in [-0.15, -0.1) is 10.2 Å². The van der Waals surface area contributed by atoms with Gasteiger partial charge in [0.25, 0.3) is 0 Å². The second-order valence-corrected chi connectivity index (χ2v) is 9.40. The smallest absolute Gasteiger partial charge is 0.183 e. The Morgan fingerprint density at radius 2 is 1.94 bits per heavy atom. The molecule has 0 atom stereocenters. The van der Waals surface area contributed by atoms with Gasteiger partial charge in [0.2, 0.25) is 0 Å². The molecule has 5 rings (SSSR count). The van der Waals surface area contributed by atoms with Gasteiger partial charge in [-0.25, -0.2) is 9.37 Å². The molecule has 1 saturated heterocycles. The van der Waals surface area contributed by atoms with Gasteiger partial charge in [-0.1, -0.05) is 31.0 Å². The van der Waals surface area contributed by atoms with Crippen LogP contribution < -0.4 is 4.74 Å². The molecule has 2 aromatic heterocycles. The van der Waals surface area contributed by atoms with E-state index in [-0.39, 0.29) is 0 Å². The van der Waals surface area contributed by atoms with Crippen molar-refractivity contribution in [3.8, 4) is 17.1 Å². The molecule has 0 radical (unpaired) electrons. The van der Waals surface area contributed by atoms with E-state index in [1.807, 2.05) is 35.6 Å². The van der Waals surface area contributed by atoms with E-state index in [9.17, 15) is 4.39 Å². The van der Waals surface area contributed by atoms with Crippen LogP contribution >= 0.6 is 11.6 Å². The number of likely N-dealkylation sites (tertiary alicyclic amines) is 1. The highest BCUT2D eigenvalue weighted by molar-refractivity contribution is 6.33. The summed E-state index contributed by atoms with van der Waals surface area (Å²) in [5, 5.41) is 9.54. The number of rotatable bonds is 7. The van der Waals surface area contributed by atoms with Crippen LogP contribution in [0.5, 0.6) is 5.75 Å². The molecule has 0 unspecified atom stereocenters. The first kappa shape index (κ1) is 23.0. The summed E-state index contributed by atoms with van der Waals surface area (Å²) >= 11 is 6.62. The molecule has 2 aromatic carbocycles. The Hall–Kier alpha value is -2.77. The number of unbranched alkanes of at least 4 members (excludes halogenated alkanes) is 1. The normalized spacial score (nSPS) is 15.4. The predicted octanol–water partition coefficient (Wildman–Crippen LogP) is 6.02. The summed E-state index contributed by atoms with van der Waals surface area (Å²) in [7, 11) is 0. The van der Waals surface area contributed by atoms with E-state index >= 15 is 0 Å². The van der Waals surface area contributed by atoms with Crippen LogP contribution in [0.3, 0.4) is 0 Å². The standard InChI is InChI=1S/C26H29ClFN5O/c1-3-4-13-34-20-6-7-22(27)21(15-20)26-31-30-25-17(2)29-23-8-5-18(14-24(23)33(25)26)16-32-11-9-19(28)10-12-32/h5-8,14-15,19H,3-4,9-13,16H2,1-2H3. The van der Waals surface area contributed by atoms with Crippen LogP contribution in [0.1, 0.15) is 43.9 Å². The Balaban J connectivity index is 1.57. The summed E-state index contributed by atoms with van der Waals surface area (Å²) < 4.78 is 21.5. The second kappa shape index (κ2) is 9.84. The molecule has 0 amide bonds. The Labute approximate surface area is 203 Å². The lowest BCUT2D eigenvalue weighted by Gasteiger charge is -2.28. The van der Waals surface area contributed by atoms with Gasteiger partial charge in [-0.3, -0.25) is 9.30 Å². The molecule has 0 bridgehead atoms. The van der Waals surface area contributed by atoms with Crippen LogP contribution in [-0.4, -0.2) is 50.4 Å². The quantitative estimate of drug-likeness (QED) is 0.302. The highest BCUT2D eigenvalue weighted by Crippen LogP contribution is 2.33. The zero-order valence-electron chi connectivity index (χ0n) is 19.6. The minimum absolute atomic E-state index is 0.588. The number of hydrogen-bond donors (Lipinski definition) is 0. The molecule has 6 nitrogen and oxygen atoms in total. The van der Waals surface area contributed by atoms with E-state index in [2.05, 4.69) is 34.2 Å². The molecule has 4 aromatic rings. The average Bonchev–Trinajstić information content (AvgIpc) is 3.28. The van der Waals surface area contributed by atoms with Crippen LogP contribution in [0.15, 0.2) is 36.4 Å². The van der Waals surface area contributed by atoms with Crippen molar-refractivity contribution in [2.75, 3.05) is 19.7 Å². The van der Waals surface area contributed by atoms with E-state index in [1.165, 1.54) is 0 Å². The monoisotopic (exact) mass is 481 g/mol. The van der Waals surface area contributed by atoms with Crippen molar-refractivity contribution in [1.29, 1.82) is 0 Å². The second-order valence-electron chi connectivity index (χ2n) is 9.00. The zero-order valence-corrected chi connectivity index (χ0v) is 20.4. The summed E-state index contributed by atoms with van der Waals surface area (Å²) in [6, 6.07) is 11.9. The molecule has 8 heteroatoms. The van der Waals surface area contributed by atoms with Crippen LogP contribution in [0.4, 0.5) is 4.39 Å². The molecule has 34 heavy (non-hydrogen) atoms. The first-order valence-corrected chi connectivity index (χ1v) is 12.3. The summed E-state index contributed by atoms with van der Waals surface area (Å²) in [6.07, 6.45) is 2.59. The van der Waals surface area contributed by atoms with E-state index in [1.54, 1.807) is 0 Å². The largest absolute Gasteiger partial charge is 0.494 e. The molecule has 178 valence electrons. The van der Waals surface area contributed by atoms with Gasteiger partial charge in [0, 0.05) is 25.2 Å². The molecular formula is C26H29ClFN5O. The molecule has 1 fully saturated rings. The molecular weight excluding hydrogens is 453 g/mol. The Morgan fingerprint density at radius 3 is 2.74 bits per heavy atom. The van der Waals surface area contributed by atoms with Crippen molar-refractivity contribution in [3.05, 3.63) is 52.7 Å². The maximum atomic E-state index is 13.6. The molecule has 1 aliphatic heterocycles. The number of aromatic nitrogens is 4. The van der Waals surface area contributed by atoms with Crippen LogP contribution in [0.2, 0.25) is 5.02 Å². The van der Waals surface area contributed by atoms with Crippen LogP contribution in [0, 0.1) is 6.92 Å². The van der Waals surface area contributed by atoms with Gasteiger partial charge in [-0.05, 0) is 62.1 Å². The third kappa shape index (κ3) is 4.59. The SMILES string of the molecule is CCCCOc1ccc(Cl)c(-c2nnc3c(C)nc4ccc(CN5CCC(F)CC5)cc4n23)c1. The third-order valence-electron chi connectivity index (χ3n) is 6.42. The van der Waals surface area contributed by atoms with Crippen molar-refractivity contribution in [2.45, 2.75) is 52.2 Å². The lowest BCUT2D eigenvalue weighted by Crippen LogP contribution is -2.33. The van der Waals surface area contributed by atoms with E-state index in [0.29, 0.717) is 35.9 Å². The molecule has 0 N–H and O–H groups in total. The number of halogens is 2. The minimum atomic E-state index is -0.675. The van der Waals surface area contributed by atoms with Gasteiger partial charge >= 0.3 is 0 Å². The number of fused-ring (bicyclic) bond motifs is 3. The minimum Gasteiger partial charge on any atom is -0.494 e. The van der Waals surface area contributed by atoms with Gasteiger partial charge in [-0.2, -0.15) is 0 Å². The predicted molar refractivity (Wildman–Crippen MR) is 133 cm³/mol. The number of piperidine rings is 1. The number of aryl methyl sites for hydroxylation is 1. The van der Waals surface area contributed by atoms with Gasteiger partial charge in [0.05, 0.1) is 28.4 Å². The molecule has 0 aliphatic carbocycles. The van der Waals surface area contributed by atoms with Crippen molar-refractivity contribution in [1.82, 2.24) is 24.5 Å². The Morgan fingerprint density at radius 1 is 1.12 bits per heavy atom. The summed E-state index contributed by atoms with van der Waals surface area (Å²) in [5.41, 5.74) is 5.21. The van der Waals surface area contributed by atoms with Gasteiger partial charge in [0.1, 0.15) is 11.9 Å². The van der Waals surface area contributed by atoms with E-state index in [4.69, 9.17) is 21.3 Å². The fourth-order valence-electron chi connectivity index (χ4n) is 4.51. The van der Waals surface area contributed by atoms with Gasteiger partial charge in [0.15, 0.2) is 11.5 Å². The van der Waals surface area contributed by atoms with Gasteiger partial charge < -0.3 is 4.74 Å². The summed E-state index contributed by atoms with van der Waals surface area (Å²) in [6.45, 7) is 7.06. The summed E-state index contributed by atoms with van der Waals surface area (Å²) in [5.74, 6) is 1.42. The maximum absolute atomic E-state index is 13.6. The van der Waals surface area contributed by atoms with E-state index in [0.717, 1.165) is 66.1 Å². The summed E-state index contributed by atoms with van der Waals surface area (Å²) in [4.78, 5) is 7.06. The number of hydrogen-bond acceptors (Lipinski definition) is 5. The number of benzene rings is 2. The molecule has 3 heterocycles. The van der Waals surface area contributed by atoms with Crippen LogP contribution in [0.25, 0.3) is 28.1 Å². The maximum Gasteiger partial charge on any atom is 0.183 e. The zero-order chi connectivity index (χ0) is 23.7. The highest BCUT2D eigenvalue weighted by Gasteiger charge is 2.20. The van der Waals surface area contributed by atoms with Crippen molar-refractivity contribution >= 4 is 28.3 Å². The Bertz CT molecular complexity index is 1320. The molecule has 1 aliphatic rings. The molecule has 0 spiro atoms. The highest BCUT2D eigenvalue weighted by atomic mass is 35.5. The average molecular weight is 482 g/mol. The van der Waals surface area contributed by atoms with E-state index < -0.39 is 6.17 Å². The van der Waals surface area contributed by atoms with Crippen molar-refractivity contribution in [2.24, 2.45) is 0 Å². The lowest BCUT2D eigenvalue weighted by molar-refractivity contribution is 0.145. The molecule has 0 saturated carbocycles.